The van der Waals surface area contributed by atoms with Gasteiger partial charge in [0.1, 0.15) is 11.6 Å². The highest BCUT2D eigenvalue weighted by molar-refractivity contribution is 7.81. The predicted octanol–water partition coefficient (Wildman–Crippen LogP) is 4.49. The lowest BCUT2D eigenvalue weighted by Gasteiger charge is -2.62. The number of aliphatic hydroxyl groups is 1. The summed E-state index contributed by atoms with van der Waals surface area (Å²) >= 11 is 4.21. The summed E-state index contributed by atoms with van der Waals surface area (Å²) in [6, 6.07) is 0. The molecule has 3 rings (SSSR count). The van der Waals surface area contributed by atoms with E-state index in [1.807, 2.05) is 6.08 Å². The molecule has 3 nitrogen and oxygen atoms in total. The Morgan fingerprint density at radius 2 is 2.00 bits per heavy atom. The van der Waals surface area contributed by atoms with Crippen LogP contribution in [0.4, 0.5) is 0 Å². The topological polar surface area (TPSA) is 54.4 Å². The third kappa shape index (κ3) is 2.88. The fourth-order valence-corrected chi connectivity index (χ4v) is 7.36. The van der Waals surface area contributed by atoms with Gasteiger partial charge in [0.05, 0.1) is 6.10 Å². The summed E-state index contributed by atoms with van der Waals surface area (Å²) in [6.07, 6.45) is 6.03. The monoisotopic (exact) mass is 392 g/mol. The van der Waals surface area contributed by atoms with E-state index in [4.69, 9.17) is 0 Å². The van der Waals surface area contributed by atoms with E-state index in [2.05, 4.69) is 46.9 Å². The molecule has 4 heteroatoms. The van der Waals surface area contributed by atoms with Gasteiger partial charge in [-0.25, -0.2) is 0 Å². The molecule has 8 unspecified atom stereocenters. The Morgan fingerprint density at radius 3 is 2.59 bits per heavy atom. The number of Topliss-reactive ketones (excluding diaryl/α,β-unsaturated/α-hetero) is 2. The molecule has 0 aromatic heterocycles. The van der Waals surface area contributed by atoms with Gasteiger partial charge in [-0.15, -0.1) is 6.58 Å². The zero-order chi connectivity index (χ0) is 20.2. The van der Waals surface area contributed by atoms with E-state index in [9.17, 15) is 14.7 Å². The van der Waals surface area contributed by atoms with Gasteiger partial charge in [-0.2, -0.15) is 12.6 Å². The van der Waals surface area contributed by atoms with Crippen LogP contribution in [0.1, 0.15) is 66.2 Å². The van der Waals surface area contributed by atoms with E-state index in [1.54, 1.807) is 0 Å². The average Bonchev–Trinajstić information content (AvgIpc) is 3.00. The van der Waals surface area contributed by atoms with Crippen molar-refractivity contribution in [3.63, 3.8) is 0 Å². The van der Waals surface area contributed by atoms with E-state index in [0.29, 0.717) is 31.0 Å². The smallest absolute Gasteiger partial charge is 0.142 e. The molecular formula is C23H36O3S. The Hall–Kier alpha value is -0.610. The van der Waals surface area contributed by atoms with Crippen LogP contribution in [0.25, 0.3) is 0 Å². The number of carbonyl (C=O) groups is 2. The van der Waals surface area contributed by atoms with Crippen LogP contribution < -0.4 is 0 Å². The molecule has 0 amide bonds. The summed E-state index contributed by atoms with van der Waals surface area (Å²) in [6.45, 7) is 12.8. The number of carbonyl (C=O) groups excluding carboxylic acids is 2. The second kappa shape index (κ2) is 7.02. The fraction of sp³-hybridized carbons (Fsp3) is 0.826. The summed E-state index contributed by atoms with van der Waals surface area (Å²) in [5.41, 5.74) is -0.823. The molecule has 8 atom stereocenters. The molecule has 0 saturated heterocycles. The second-order valence-corrected chi connectivity index (χ2v) is 10.5. The Labute approximate surface area is 169 Å². The maximum atomic E-state index is 13.2. The average molecular weight is 393 g/mol. The molecule has 2 bridgehead atoms. The van der Waals surface area contributed by atoms with Crippen molar-refractivity contribution in [1.29, 1.82) is 0 Å². The first-order valence-corrected chi connectivity index (χ1v) is 11.2. The second-order valence-electron chi connectivity index (χ2n) is 10.2. The van der Waals surface area contributed by atoms with Crippen LogP contribution in [-0.2, 0) is 9.59 Å². The molecule has 3 saturated carbocycles. The summed E-state index contributed by atoms with van der Waals surface area (Å²) in [5, 5.41) is 11.4. The van der Waals surface area contributed by atoms with Crippen LogP contribution >= 0.6 is 12.6 Å². The zero-order valence-corrected chi connectivity index (χ0v) is 18.2. The molecule has 0 spiro atoms. The fourth-order valence-electron chi connectivity index (χ4n) is 7.23. The molecule has 0 aromatic carbocycles. The van der Waals surface area contributed by atoms with Gasteiger partial charge in [-0.1, -0.05) is 33.8 Å². The molecule has 27 heavy (non-hydrogen) atoms. The molecule has 152 valence electrons. The Morgan fingerprint density at radius 1 is 1.33 bits per heavy atom. The van der Waals surface area contributed by atoms with E-state index in [0.717, 1.165) is 19.3 Å². The summed E-state index contributed by atoms with van der Waals surface area (Å²) in [7, 11) is 0. The summed E-state index contributed by atoms with van der Waals surface area (Å²) < 4.78 is 0. The normalized spacial score (nSPS) is 49.9. The Bertz CT molecular complexity index is 646. The third-order valence-electron chi connectivity index (χ3n) is 9.20. The molecule has 3 aliphatic rings. The van der Waals surface area contributed by atoms with Crippen LogP contribution in [0.3, 0.4) is 0 Å². The summed E-state index contributed by atoms with van der Waals surface area (Å²) in [5.74, 6) is 1.15. The number of aliphatic hydroxyl groups excluding tert-OH is 1. The van der Waals surface area contributed by atoms with Gasteiger partial charge in [-0.05, 0) is 54.3 Å². The van der Waals surface area contributed by atoms with Gasteiger partial charge in [0, 0.05) is 29.9 Å². The van der Waals surface area contributed by atoms with Gasteiger partial charge in [0.2, 0.25) is 0 Å². The van der Waals surface area contributed by atoms with Gasteiger partial charge >= 0.3 is 0 Å². The van der Waals surface area contributed by atoms with E-state index in [1.165, 1.54) is 0 Å². The minimum Gasteiger partial charge on any atom is -0.392 e. The highest BCUT2D eigenvalue weighted by Crippen LogP contribution is 2.69. The maximum absolute atomic E-state index is 13.2. The standard InChI is InChI=1S/C23H36O3S/c1-6-21(4)12-16(11-17(24)13-27)22(5)14(2)7-9-23(15(3)20(21)26)10-8-18(25)19(22)23/h6,14-16,19-20,26-27H,1,7-13H2,2-5H3. The van der Waals surface area contributed by atoms with Crippen LogP contribution in [-0.4, -0.2) is 28.5 Å². The molecule has 0 aliphatic heterocycles. The van der Waals surface area contributed by atoms with Gasteiger partial charge in [0.25, 0.3) is 0 Å². The zero-order valence-electron chi connectivity index (χ0n) is 17.3. The number of ketones is 2. The molecule has 0 aromatic rings. The van der Waals surface area contributed by atoms with Crippen molar-refractivity contribution in [3.8, 4) is 0 Å². The van der Waals surface area contributed by atoms with E-state index in [-0.39, 0.29) is 40.1 Å². The molecule has 1 N–H and O–H groups in total. The van der Waals surface area contributed by atoms with E-state index >= 15 is 0 Å². The first kappa shape index (κ1) is 21.1. The van der Waals surface area contributed by atoms with Crippen molar-refractivity contribution in [2.24, 2.45) is 39.9 Å². The van der Waals surface area contributed by atoms with Crippen molar-refractivity contribution in [2.45, 2.75) is 72.3 Å². The molecular weight excluding hydrogens is 356 g/mol. The maximum Gasteiger partial charge on any atom is 0.142 e. The highest BCUT2D eigenvalue weighted by atomic mass is 32.1. The van der Waals surface area contributed by atoms with Crippen LogP contribution in [0.15, 0.2) is 12.7 Å². The predicted molar refractivity (Wildman–Crippen MR) is 112 cm³/mol. The highest BCUT2D eigenvalue weighted by Gasteiger charge is 2.67. The Balaban J connectivity index is 2.21. The van der Waals surface area contributed by atoms with Crippen molar-refractivity contribution >= 4 is 24.2 Å². The van der Waals surface area contributed by atoms with Crippen LogP contribution in [0.5, 0.6) is 0 Å². The first-order valence-electron chi connectivity index (χ1n) is 10.5. The SMILES string of the molecule is C=CC1(C)CC(CC(=O)CS)C2(C)C(C)CCC3(CCC(=O)C32)C(C)C1O. The lowest BCUT2D eigenvalue weighted by molar-refractivity contribution is -0.177. The molecule has 0 heterocycles. The number of thiol groups is 1. The summed E-state index contributed by atoms with van der Waals surface area (Å²) in [4.78, 5) is 25.7. The number of rotatable bonds is 4. The van der Waals surface area contributed by atoms with Gasteiger partial charge in [-0.3, -0.25) is 9.59 Å². The molecule has 3 fully saturated rings. The Kier molecular flexibility index (Phi) is 5.49. The van der Waals surface area contributed by atoms with Crippen LogP contribution in [0, 0.1) is 39.9 Å². The van der Waals surface area contributed by atoms with Crippen molar-refractivity contribution in [1.82, 2.24) is 0 Å². The largest absolute Gasteiger partial charge is 0.392 e. The third-order valence-corrected chi connectivity index (χ3v) is 9.55. The van der Waals surface area contributed by atoms with Gasteiger partial charge in [0.15, 0.2) is 0 Å². The minimum atomic E-state index is -0.546. The van der Waals surface area contributed by atoms with Crippen molar-refractivity contribution in [3.05, 3.63) is 12.7 Å². The van der Waals surface area contributed by atoms with Crippen molar-refractivity contribution in [2.75, 3.05) is 5.75 Å². The molecule has 3 aliphatic carbocycles. The lowest BCUT2D eigenvalue weighted by Crippen LogP contribution is -2.61. The van der Waals surface area contributed by atoms with Crippen molar-refractivity contribution < 1.29 is 14.7 Å². The quantitative estimate of drug-likeness (QED) is 0.548. The number of hydrogen-bond acceptors (Lipinski definition) is 4. The number of hydrogen-bond donors (Lipinski definition) is 2. The molecule has 0 radical (unpaired) electrons. The lowest BCUT2D eigenvalue weighted by atomic mass is 9.41. The minimum absolute atomic E-state index is 0.0466. The first-order chi connectivity index (χ1) is 12.6. The van der Waals surface area contributed by atoms with Gasteiger partial charge < -0.3 is 5.11 Å². The van der Waals surface area contributed by atoms with Crippen LogP contribution in [0.2, 0.25) is 0 Å². The van der Waals surface area contributed by atoms with E-state index < -0.39 is 11.5 Å².